The quantitative estimate of drug-likeness (QED) is 0.324. The van der Waals surface area contributed by atoms with Gasteiger partial charge in [-0.3, -0.25) is 4.99 Å². The Morgan fingerprint density at radius 2 is 1.76 bits per heavy atom. The molecule has 1 aliphatic heterocycles. The van der Waals surface area contributed by atoms with Crippen LogP contribution in [0.2, 0.25) is 0 Å². The summed E-state index contributed by atoms with van der Waals surface area (Å²) in [6.07, 6.45) is 6.18. The van der Waals surface area contributed by atoms with Crippen molar-refractivity contribution in [3.8, 4) is 0 Å². The number of guanidine groups is 1. The van der Waals surface area contributed by atoms with Crippen LogP contribution < -0.4 is 10.6 Å². The molecule has 2 N–H and O–H groups in total. The summed E-state index contributed by atoms with van der Waals surface area (Å²) < 4.78 is 32.6. The summed E-state index contributed by atoms with van der Waals surface area (Å²) in [5.41, 5.74) is 1.01. The number of hydrogen-bond donors (Lipinski definition) is 2. The lowest BCUT2D eigenvalue weighted by Gasteiger charge is -2.25. The van der Waals surface area contributed by atoms with Crippen molar-refractivity contribution in [1.82, 2.24) is 14.9 Å². The number of rotatable bonds is 11. The highest BCUT2D eigenvalue weighted by Gasteiger charge is 2.25. The minimum Gasteiger partial charge on any atom is -0.381 e. The fourth-order valence-electron chi connectivity index (χ4n) is 3.17. The van der Waals surface area contributed by atoms with Gasteiger partial charge in [-0.1, -0.05) is 31.9 Å². The maximum absolute atomic E-state index is 12.7. The third-order valence-corrected chi connectivity index (χ3v) is 6.87. The first-order valence-corrected chi connectivity index (χ1v) is 12.1. The molecule has 0 spiro atoms. The zero-order chi connectivity index (χ0) is 21.0. The Morgan fingerprint density at radius 3 is 2.41 bits per heavy atom. The van der Waals surface area contributed by atoms with Crippen molar-refractivity contribution in [2.75, 3.05) is 39.9 Å². The molecular formula is C21H36N4O3S. The van der Waals surface area contributed by atoms with Crippen LogP contribution in [0.15, 0.2) is 34.2 Å². The second-order valence-corrected chi connectivity index (χ2v) is 9.22. The second-order valence-electron chi connectivity index (χ2n) is 7.28. The number of benzene rings is 1. The van der Waals surface area contributed by atoms with E-state index in [1.807, 2.05) is 12.1 Å². The van der Waals surface area contributed by atoms with E-state index in [0.717, 1.165) is 69.8 Å². The van der Waals surface area contributed by atoms with E-state index in [4.69, 9.17) is 4.74 Å². The van der Waals surface area contributed by atoms with E-state index < -0.39 is 10.0 Å². The Labute approximate surface area is 176 Å². The Morgan fingerprint density at radius 1 is 1.07 bits per heavy atom. The summed E-state index contributed by atoms with van der Waals surface area (Å²) >= 11 is 0. The molecule has 164 valence electrons. The van der Waals surface area contributed by atoms with Crippen LogP contribution in [-0.2, 0) is 21.3 Å². The zero-order valence-electron chi connectivity index (χ0n) is 17.8. The fourth-order valence-corrected chi connectivity index (χ4v) is 4.69. The number of aliphatic imine (C=N–C) groups is 1. The number of sulfonamides is 1. The highest BCUT2D eigenvalue weighted by atomic mass is 32.2. The highest BCUT2D eigenvalue weighted by molar-refractivity contribution is 7.89. The van der Waals surface area contributed by atoms with Gasteiger partial charge in [0.15, 0.2) is 5.96 Å². The summed E-state index contributed by atoms with van der Waals surface area (Å²) in [5, 5.41) is 6.52. The normalized spacial score (nSPS) is 16.0. The van der Waals surface area contributed by atoms with Crippen LogP contribution in [0.25, 0.3) is 0 Å². The minimum atomic E-state index is -3.37. The van der Waals surface area contributed by atoms with E-state index in [9.17, 15) is 8.42 Å². The predicted octanol–water partition coefficient (Wildman–Crippen LogP) is 2.73. The van der Waals surface area contributed by atoms with Crippen LogP contribution in [0.3, 0.4) is 0 Å². The fraction of sp³-hybridized carbons (Fsp3) is 0.667. The van der Waals surface area contributed by atoms with E-state index in [1.54, 1.807) is 23.5 Å². The summed E-state index contributed by atoms with van der Waals surface area (Å²) in [5.74, 6) is 0.726. The number of piperidine rings is 1. The molecular weight excluding hydrogens is 388 g/mol. The van der Waals surface area contributed by atoms with E-state index in [0.29, 0.717) is 24.5 Å². The molecule has 0 bridgehead atoms. The second kappa shape index (κ2) is 12.8. The minimum absolute atomic E-state index is 0.369. The van der Waals surface area contributed by atoms with E-state index >= 15 is 0 Å². The molecule has 2 rings (SSSR count). The number of nitrogens with one attached hydrogen (secondary N) is 2. The van der Waals surface area contributed by atoms with Crippen LogP contribution in [0, 0.1) is 0 Å². The monoisotopic (exact) mass is 424 g/mol. The van der Waals surface area contributed by atoms with Crippen LogP contribution in [0.1, 0.15) is 51.0 Å². The average molecular weight is 425 g/mol. The zero-order valence-corrected chi connectivity index (χ0v) is 18.6. The van der Waals surface area contributed by atoms with Crippen LogP contribution in [-0.4, -0.2) is 58.6 Å². The summed E-state index contributed by atoms with van der Waals surface area (Å²) in [7, 11) is -1.64. The van der Waals surface area contributed by atoms with E-state index in [2.05, 4.69) is 22.5 Å². The smallest absolute Gasteiger partial charge is 0.243 e. The van der Waals surface area contributed by atoms with Gasteiger partial charge in [0.25, 0.3) is 0 Å². The summed E-state index contributed by atoms with van der Waals surface area (Å²) in [6, 6.07) is 7.12. The van der Waals surface area contributed by atoms with Gasteiger partial charge in [-0.2, -0.15) is 4.31 Å². The first kappa shape index (κ1) is 23.6. The van der Waals surface area contributed by atoms with Crippen LogP contribution in [0.5, 0.6) is 0 Å². The van der Waals surface area contributed by atoms with Gasteiger partial charge in [0.2, 0.25) is 10.0 Å². The molecule has 29 heavy (non-hydrogen) atoms. The largest absolute Gasteiger partial charge is 0.381 e. The Hall–Kier alpha value is -1.64. The molecule has 0 unspecified atom stereocenters. The lowest BCUT2D eigenvalue weighted by molar-refractivity contribution is 0.129. The van der Waals surface area contributed by atoms with Gasteiger partial charge < -0.3 is 15.4 Å². The van der Waals surface area contributed by atoms with Crippen molar-refractivity contribution in [2.45, 2.75) is 56.9 Å². The van der Waals surface area contributed by atoms with Gasteiger partial charge in [-0.15, -0.1) is 0 Å². The van der Waals surface area contributed by atoms with Crippen molar-refractivity contribution in [1.29, 1.82) is 0 Å². The number of unbranched alkanes of at least 4 members (excludes halogenated alkanes) is 1. The van der Waals surface area contributed by atoms with Crippen molar-refractivity contribution in [3.63, 3.8) is 0 Å². The Kier molecular flexibility index (Phi) is 10.5. The topological polar surface area (TPSA) is 83.0 Å². The van der Waals surface area contributed by atoms with E-state index in [1.165, 1.54) is 0 Å². The van der Waals surface area contributed by atoms with Gasteiger partial charge in [0.1, 0.15) is 0 Å². The molecule has 1 aromatic rings. The molecule has 0 radical (unpaired) electrons. The van der Waals surface area contributed by atoms with E-state index in [-0.39, 0.29) is 0 Å². The van der Waals surface area contributed by atoms with Crippen molar-refractivity contribution < 1.29 is 13.2 Å². The average Bonchev–Trinajstić information content (AvgIpc) is 2.76. The third kappa shape index (κ3) is 7.95. The lowest BCUT2D eigenvalue weighted by atomic mass is 10.2. The van der Waals surface area contributed by atoms with Crippen LogP contribution in [0.4, 0.5) is 0 Å². The number of hydrogen-bond acceptors (Lipinski definition) is 4. The summed E-state index contributed by atoms with van der Waals surface area (Å²) in [4.78, 5) is 4.59. The molecule has 7 nitrogen and oxygen atoms in total. The highest BCUT2D eigenvalue weighted by Crippen LogP contribution is 2.20. The maximum Gasteiger partial charge on any atom is 0.243 e. The number of ether oxygens (including phenoxy) is 1. The SMILES string of the molecule is CCCCOCCCNC(=NC)NCc1ccc(S(=O)(=O)N2CCCCC2)cc1. The molecule has 1 aliphatic rings. The summed E-state index contributed by atoms with van der Waals surface area (Å²) in [6.45, 7) is 6.34. The molecule has 1 aromatic carbocycles. The lowest BCUT2D eigenvalue weighted by Crippen LogP contribution is -2.37. The first-order chi connectivity index (χ1) is 14.1. The number of nitrogens with zero attached hydrogens (tertiary/aromatic N) is 2. The van der Waals surface area contributed by atoms with Gasteiger partial charge in [-0.05, 0) is 43.4 Å². The van der Waals surface area contributed by atoms with Gasteiger partial charge >= 0.3 is 0 Å². The van der Waals surface area contributed by atoms with Crippen LogP contribution >= 0.6 is 0 Å². The maximum atomic E-state index is 12.7. The molecule has 1 heterocycles. The molecule has 8 heteroatoms. The first-order valence-electron chi connectivity index (χ1n) is 10.7. The Balaban J connectivity index is 1.75. The van der Waals surface area contributed by atoms with Gasteiger partial charge in [0.05, 0.1) is 4.90 Å². The van der Waals surface area contributed by atoms with Crippen molar-refractivity contribution in [2.24, 2.45) is 4.99 Å². The molecule has 1 saturated heterocycles. The molecule has 0 aromatic heterocycles. The van der Waals surface area contributed by atoms with Crippen molar-refractivity contribution >= 4 is 16.0 Å². The Bertz CT molecular complexity index is 714. The standard InChI is InChI=1S/C21H36N4O3S/c1-3-4-16-28-17-8-13-23-21(22-2)24-18-19-9-11-20(12-10-19)29(26,27)25-14-6-5-7-15-25/h9-12H,3-8,13-18H2,1-2H3,(H2,22,23,24). The predicted molar refractivity (Wildman–Crippen MR) is 118 cm³/mol. The third-order valence-electron chi connectivity index (χ3n) is 4.96. The molecule has 0 saturated carbocycles. The molecule has 0 aliphatic carbocycles. The van der Waals surface area contributed by atoms with Gasteiger partial charge in [-0.25, -0.2) is 8.42 Å². The molecule has 0 atom stereocenters. The van der Waals surface area contributed by atoms with Crippen molar-refractivity contribution in [3.05, 3.63) is 29.8 Å². The van der Waals surface area contributed by atoms with Gasteiger partial charge in [0, 0.05) is 46.4 Å². The molecule has 0 amide bonds. The molecule has 1 fully saturated rings.